The van der Waals surface area contributed by atoms with Crippen molar-refractivity contribution in [2.24, 2.45) is 10.7 Å². The molecule has 2 aromatic carbocycles. The van der Waals surface area contributed by atoms with E-state index in [1.807, 2.05) is 24.3 Å². The number of benzene rings is 2. The number of allylic oxidation sites excluding steroid dienone is 1. The van der Waals surface area contributed by atoms with Crippen molar-refractivity contribution in [1.29, 1.82) is 0 Å². The standard InChI is InChI=1S/C23H24N6O4S2/c1-14(11-32-35(3,30)31)33-20-7-15(16(9-24)10-25-2)6-19-22(20)23(27-12-26-19)29-17-4-5-18-21(8-17)34-13-28-18/h4-10,12-14H,11,24H2,1-3H3,(H,26,27,29)/b16-9+,25-10?/t14-/m1/s1. The molecule has 0 aliphatic heterocycles. The summed E-state index contributed by atoms with van der Waals surface area (Å²) >= 11 is 1.54. The highest BCUT2D eigenvalue weighted by atomic mass is 32.2. The molecule has 35 heavy (non-hydrogen) atoms. The number of aromatic nitrogens is 3. The van der Waals surface area contributed by atoms with E-state index in [2.05, 4.69) is 25.3 Å². The van der Waals surface area contributed by atoms with Crippen LogP contribution in [0.25, 0.3) is 26.7 Å². The highest BCUT2D eigenvalue weighted by molar-refractivity contribution is 7.85. The van der Waals surface area contributed by atoms with E-state index in [0.29, 0.717) is 28.0 Å². The Labute approximate surface area is 206 Å². The van der Waals surface area contributed by atoms with Crippen LogP contribution < -0.4 is 15.8 Å². The molecule has 4 rings (SSSR count). The smallest absolute Gasteiger partial charge is 0.264 e. The topological polar surface area (TPSA) is 142 Å². The molecule has 0 saturated carbocycles. The maximum atomic E-state index is 11.4. The fourth-order valence-electron chi connectivity index (χ4n) is 3.40. The van der Waals surface area contributed by atoms with E-state index in [1.54, 1.807) is 43.1 Å². The molecular weight excluding hydrogens is 488 g/mol. The average molecular weight is 513 g/mol. The van der Waals surface area contributed by atoms with E-state index < -0.39 is 16.2 Å². The predicted molar refractivity (Wildman–Crippen MR) is 140 cm³/mol. The lowest BCUT2D eigenvalue weighted by molar-refractivity contribution is 0.149. The summed E-state index contributed by atoms with van der Waals surface area (Å²) in [6.07, 6.45) is 4.94. The normalized spacial score (nSPS) is 13.5. The summed E-state index contributed by atoms with van der Waals surface area (Å²) in [5, 5.41) is 3.96. The van der Waals surface area contributed by atoms with Crippen LogP contribution in [0.3, 0.4) is 0 Å². The second-order valence-corrected chi connectivity index (χ2v) is 10.2. The van der Waals surface area contributed by atoms with Crippen LogP contribution in [-0.4, -0.2) is 55.6 Å². The lowest BCUT2D eigenvalue weighted by Crippen LogP contribution is -2.21. The molecule has 2 aromatic heterocycles. The minimum absolute atomic E-state index is 0.154. The van der Waals surface area contributed by atoms with Crippen LogP contribution in [0.1, 0.15) is 12.5 Å². The first kappa shape index (κ1) is 24.5. The molecule has 3 N–H and O–H groups in total. The third-order valence-corrected chi connectivity index (χ3v) is 6.28. The molecule has 0 amide bonds. The first-order valence-electron chi connectivity index (χ1n) is 10.5. The first-order valence-corrected chi connectivity index (χ1v) is 13.2. The van der Waals surface area contributed by atoms with Crippen molar-refractivity contribution in [2.45, 2.75) is 13.0 Å². The summed E-state index contributed by atoms with van der Waals surface area (Å²) in [4.78, 5) is 17.3. The molecule has 0 aliphatic rings. The van der Waals surface area contributed by atoms with Crippen molar-refractivity contribution in [2.75, 3.05) is 25.2 Å². The SMILES string of the molecule is CN=C/C(=C\N)c1cc(O[C@H](C)COS(C)(=O)=O)c2c(Nc3ccc4ncsc4c3)ncnc2c1. The van der Waals surface area contributed by atoms with E-state index in [9.17, 15) is 8.42 Å². The van der Waals surface area contributed by atoms with Crippen molar-refractivity contribution in [3.63, 3.8) is 0 Å². The summed E-state index contributed by atoms with van der Waals surface area (Å²) in [7, 11) is -1.96. The van der Waals surface area contributed by atoms with Gasteiger partial charge in [-0.1, -0.05) is 0 Å². The Morgan fingerprint density at radius 3 is 2.80 bits per heavy atom. The zero-order valence-corrected chi connectivity index (χ0v) is 20.9. The van der Waals surface area contributed by atoms with Gasteiger partial charge in [-0.05, 0) is 42.8 Å². The van der Waals surface area contributed by atoms with Gasteiger partial charge in [-0.25, -0.2) is 15.0 Å². The van der Waals surface area contributed by atoms with Gasteiger partial charge in [-0.2, -0.15) is 8.42 Å². The van der Waals surface area contributed by atoms with Crippen LogP contribution in [-0.2, 0) is 14.3 Å². The quantitative estimate of drug-likeness (QED) is 0.253. The molecule has 0 fully saturated rings. The van der Waals surface area contributed by atoms with Crippen LogP contribution in [0, 0.1) is 0 Å². The number of ether oxygens (including phenoxy) is 1. The molecule has 0 aliphatic carbocycles. The average Bonchev–Trinajstić information content (AvgIpc) is 3.28. The predicted octanol–water partition coefficient (Wildman–Crippen LogP) is 3.73. The van der Waals surface area contributed by atoms with Gasteiger partial charge in [0, 0.05) is 30.7 Å². The Balaban J connectivity index is 1.79. The number of hydrogen-bond donors (Lipinski definition) is 2. The van der Waals surface area contributed by atoms with E-state index in [-0.39, 0.29) is 6.61 Å². The molecule has 12 heteroatoms. The Bertz CT molecular complexity index is 1530. The highest BCUT2D eigenvalue weighted by Crippen LogP contribution is 2.35. The molecule has 0 bridgehead atoms. The number of hydrogen-bond acceptors (Lipinski definition) is 11. The lowest BCUT2D eigenvalue weighted by Gasteiger charge is -2.19. The van der Waals surface area contributed by atoms with Crippen molar-refractivity contribution in [3.8, 4) is 5.75 Å². The van der Waals surface area contributed by atoms with Gasteiger partial charge in [0.05, 0.1) is 32.9 Å². The fraction of sp³-hybridized carbons (Fsp3) is 0.217. The third-order valence-electron chi connectivity index (χ3n) is 4.92. The van der Waals surface area contributed by atoms with Gasteiger partial charge < -0.3 is 15.8 Å². The molecule has 0 saturated heterocycles. The van der Waals surface area contributed by atoms with E-state index in [0.717, 1.165) is 27.7 Å². The Morgan fingerprint density at radius 2 is 2.06 bits per heavy atom. The second-order valence-electron chi connectivity index (χ2n) is 7.68. The Kier molecular flexibility index (Phi) is 7.24. The lowest BCUT2D eigenvalue weighted by atomic mass is 10.0. The van der Waals surface area contributed by atoms with E-state index in [4.69, 9.17) is 14.7 Å². The van der Waals surface area contributed by atoms with Gasteiger partial charge in [0.1, 0.15) is 30.6 Å². The molecule has 182 valence electrons. The number of fused-ring (bicyclic) bond motifs is 2. The molecular formula is C23H24N6O4S2. The summed E-state index contributed by atoms with van der Waals surface area (Å²) in [6.45, 7) is 1.56. The van der Waals surface area contributed by atoms with Crippen molar-refractivity contribution < 1.29 is 17.3 Å². The molecule has 1 atom stereocenters. The molecule has 0 spiro atoms. The van der Waals surface area contributed by atoms with Crippen LogP contribution in [0.4, 0.5) is 11.5 Å². The van der Waals surface area contributed by atoms with Crippen LogP contribution in [0.2, 0.25) is 0 Å². The van der Waals surface area contributed by atoms with Gasteiger partial charge in [-0.3, -0.25) is 9.18 Å². The number of nitrogens with one attached hydrogen (secondary N) is 1. The third kappa shape index (κ3) is 5.91. The van der Waals surface area contributed by atoms with Gasteiger partial charge in [0.2, 0.25) is 0 Å². The van der Waals surface area contributed by atoms with Crippen molar-refractivity contribution >= 4 is 65.9 Å². The zero-order chi connectivity index (χ0) is 25.0. The zero-order valence-electron chi connectivity index (χ0n) is 19.3. The molecule has 0 unspecified atom stereocenters. The number of nitrogens with two attached hydrogens (primary N) is 1. The van der Waals surface area contributed by atoms with Crippen LogP contribution in [0.5, 0.6) is 5.75 Å². The van der Waals surface area contributed by atoms with Gasteiger partial charge in [-0.15, -0.1) is 11.3 Å². The number of anilines is 2. The fourth-order valence-corrected chi connectivity index (χ4v) is 4.56. The van der Waals surface area contributed by atoms with Crippen LogP contribution in [0.15, 0.2) is 53.4 Å². The molecule has 0 radical (unpaired) electrons. The Morgan fingerprint density at radius 1 is 1.23 bits per heavy atom. The van der Waals surface area contributed by atoms with Crippen molar-refractivity contribution in [3.05, 3.63) is 53.9 Å². The number of nitrogens with zero attached hydrogens (tertiary/aromatic N) is 4. The largest absolute Gasteiger partial charge is 0.487 e. The van der Waals surface area contributed by atoms with Crippen LogP contribution >= 0.6 is 11.3 Å². The summed E-state index contributed by atoms with van der Waals surface area (Å²) in [5.41, 5.74) is 11.4. The molecule has 2 heterocycles. The summed E-state index contributed by atoms with van der Waals surface area (Å²) < 4.78 is 35.0. The maximum Gasteiger partial charge on any atom is 0.264 e. The van der Waals surface area contributed by atoms with Gasteiger partial charge in [0.15, 0.2) is 0 Å². The monoisotopic (exact) mass is 512 g/mol. The van der Waals surface area contributed by atoms with E-state index >= 15 is 0 Å². The van der Waals surface area contributed by atoms with Crippen molar-refractivity contribution in [1.82, 2.24) is 15.0 Å². The minimum Gasteiger partial charge on any atom is -0.487 e. The van der Waals surface area contributed by atoms with Gasteiger partial charge >= 0.3 is 0 Å². The number of aliphatic imine (C=N–C) groups is 1. The maximum absolute atomic E-state index is 11.4. The molecule has 4 aromatic rings. The number of rotatable bonds is 9. The minimum atomic E-state index is -3.61. The van der Waals surface area contributed by atoms with E-state index in [1.165, 1.54) is 12.5 Å². The first-order chi connectivity index (χ1) is 16.8. The number of thiazole rings is 1. The highest BCUT2D eigenvalue weighted by Gasteiger charge is 2.17. The molecule has 10 nitrogen and oxygen atoms in total. The Hall–Kier alpha value is -3.61. The van der Waals surface area contributed by atoms with Gasteiger partial charge in [0.25, 0.3) is 10.1 Å². The summed E-state index contributed by atoms with van der Waals surface area (Å²) in [6, 6.07) is 9.49. The summed E-state index contributed by atoms with van der Waals surface area (Å²) in [5.74, 6) is 0.965. The second kappa shape index (κ2) is 10.3.